The molecule has 2 rings (SSSR count). The van der Waals surface area contributed by atoms with Gasteiger partial charge in [-0.2, -0.15) is 0 Å². The Morgan fingerprint density at radius 3 is 2.76 bits per heavy atom. The van der Waals surface area contributed by atoms with Crippen molar-refractivity contribution in [2.75, 3.05) is 25.2 Å². The van der Waals surface area contributed by atoms with Gasteiger partial charge in [0.1, 0.15) is 0 Å². The minimum Gasteiger partial charge on any atom is -0.469 e. The lowest BCUT2D eigenvalue weighted by molar-refractivity contribution is -0.155. The molecule has 3 nitrogen and oxygen atoms in total. The average Bonchev–Trinajstić information content (AvgIpc) is 2.88. The normalized spacial score (nSPS) is 32.4. The predicted octanol–water partition coefficient (Wildman–Crippen LogP) is 2.54. The number of ether oxygens (including phenoxy) is 2. The Bertz CT molecular complexity index is 277. The molecule has 5 heteroatoms. The molecule has 0 unspecified atom stereocenters. The van der Waals surface area contributed by atoms with E-state index in [1.54, 1.807) is 0 Å². The van der Waals surface area contributed by atoms with E-state index in [1.807, 2.05) is 23.5 Å². The van der Waals surface area contributed by atoms with Crippen molar-refractivity contribution in [1.29, 1.82) is 0 Å². The molecule has 0 amide bonds. The first-order chi connectivity index (χ1) is 8.23. The molecule has 0 N–H and O–H groups in total. The van der Waals surface area contributed by atoms with Crippen molar-refractivity contribution in [1.82, 2.24) is 0 Å². The van der Waals surface area contributed by atoms with Crippen molar-refractivity contribution in [3.05, 3.63) is 0 Å². The molecular formula is C12H20O3S2. The van der Waals surface area contributed by atoms with Gasteiger partial charge in [0, 0.05) is 18.1 Å². The Kier molecular flexibility index (Phi) is 4.66. The molecule has 2 fully saturated rings. The fourth-order valence-electron chi connectivity index (χ4n) is 2.65. The summed E-state index contributed by atoms with van der Waals surface area (Å²) in [5, 5.41) is 0. The SMILES string of the molecule is CCC1([C@H]2OCCC[C@@H]2C(=O)OC)SCCS1. The van der Waals surface area contributed by atoms with Crippen LogP contribution in [0.2, 0.25) is 0 Å². The topological polar surface area (TPSA) is 35.5 Å². The Morgan fingerprint density at radius 1 is 1.47 bits per heavy atom. The summed E-state index contributed by atoms with van der Waals surface area (Å²) >= 11 is 3.92. The number of hydrogen-bond donors (Lipinski definition) is 0. The Labute approximate surface area is 111 Å². The van der Waals surface area contributed by atoms with Crippen LogP contribution in [0.3, 0.4) is 0 Å². The minimum atomic E-state index is -0.101. The highest BCUT2D eigenvalue weighted by Gasteiger charge is 2.49. The fourth-order valence-corrected chi connectivity index (χ4v) is 6.04. The fraction of sp³-hybridized carbons (Fsp3) is 0.917. The maximum absolute atomic E-state index is 11.9. The smallest absolute Gasteiger partial charge is 0.311 e. The summed E-state index contributed by atoms with van der Waals surface area (Å²) < 4.78 is 10.9. The zero-order valence-electron chi connectivity index (χ0n) is 10.4. The molecule has 0 aliphatic carbocycles. The molecule has 0 aromatic rings. The monoisotopic (exact) mass is 276 g/mol. The molecule has 0 aromatic heterocycles. The van der Waals surface area contributed by atoms with Crippen LogP contribution in [0.5, 0.6) is 0 Å². The van der Waals surface area contributed by atoms with Crippen LogP contribution in [0.15, 0.2) is 0 Å². The lowest BCUT2D eigenvalue weighted by atomic mass is 9.91. The van der Waals surface area contributed by atoms with Gasteiger partial charge < -0.3 is 9.47 Å². The zero-order chi connectivity index (χ0) is 12.3. The van der Waals surface area contributed by atoms with Gasteiger partial charge in [-0.25, -0.2) is 0 Å². The second-order valence-electron chi connectivity index (χ2n) is 4.43. The van der Waals surface area contributed by atoms with E-state index in [4.69, 9.17) is 9.47 Å². The van der Waals surface area contributed by atoms with Crippen LogP contribution in [0.25, 0.3) is 0 Å². The standard InChI is InChI=1S/C12H20O3S2/c1-3-12(16-7-8-17-12)10-9(11(13)14-2)5-4-6-15-10/h9-10H,3-8H2,1-2H3/t9-,10-/m0/s1. The van der Waals surface area contributed by atoms with Crippen LogP contribution in [0, 0.1) is 5.92 Å². The Balaban J connectivity index is 2.17. The number of carbonyl (C=O) groups is 1. The van der Waals surface area contributed by atoms with E-state index in [2.05, 4.69) is 6.92 Å². The van der Waals surface area contributed by atoms with E-state index in [-0.39, 0.29) is 22.1 Å². The second-order valence-corrected chi connectivity index (χ2v) is 7.53. The quantitative estimate of drug-likeness (QED) is 0.740. The molecule has 17 heavy (non-hydrogen) atoms. The van der Waals surface area contributed by atoms with Gasteiger partial charge in [-0.05, 0) is 19.3 Å². The number of hydrogen-bond acceptors (Lipinski definition) is 5. The van der Waals surface area contributed by atoms with Gasteiger partial charge in [0.25, 0.3) is 0 Å². The van der Waals surface area contributed by atoms with Gasteiger partial charge in [0.05, 0.1) is 23.2 Å². The molecule has 0 bridgehead atoms. The van der Waals surface area contributed by atoms with Crippen LogP contribution >= 0.6 is 23.5 Å². The van der Waals surface area contributed by atoms with Crippen LogP contribution < -0.4 is 0 Å². The summed E-state index contributed by atoms with van der Waals surface area (Å²) in [6, 6.07) is 0. The van der Waals surface area contributed by atoms with Crippen molar-refractivity contribution in [3.63, 3.8) is 0 Å². The number of rotatable bonds is 3. The van der Waals surface area contributed by atoms with Crippen LogP contribution in [0.4, 0.5) is 0 Å². The van der Waals surface area contributed by atoms with E-state index < -0.39 is 0 Å². The first kappa shape index (κ1) is 13.6. The summed E-state index contributed by atoms with van der Waals surface area (Å²) in [5.41, 5.74) is 0. The van der Waals surface area contributed by atoms with Gasteiger partial charge >= 0.3 is 5.97 Å². The third-order valence-corrected chi connectivity index (χ3v) is 7.33. The summed E-state index contributed by atoms with van der Waals surface area (Å²) in [6.45, 7) is 2.97. The third-order valence-electron chi connectivity index (χ3n) is 3.53. The molecule has 2 aliphatic rings. The molecular weight excluding hydrogens is 256 g/mol. The van der Waals surface area contributed by atoms with E-state index >= 15 is 0 Å². The zero-order valence-corrected chi connectivity index (χ0v) is 12.1. The van der Waals surface area contributed by atoms with Gasteiger partial charge in [0.2, 0.25) is 0 Å². The first-order valence-electron chi connectivity index (χ1n) is 6.21. The molecule has 2 aliphatic heterocycles. The van der Waals surface area contributed by atoms with E-state index in [1.165, 1.54) is 7.11 Å². The predicted molar refractivity (Wildman–Crippen MR) is 72.4 cm³/mol. The van der Waals surface area contributed by atoms with E-state index in [0.717, 1.165) is 37.4 Å². The Morgan fingerprint density at radius 2 is 2.18 bits per heavy atom. The molecule has 98 valence electrons. The first-order valence-corrected chi connectivity index (χ1v) is 8.18. The van der Waals surface area contributed by atoms with Gasteiger partial charge in [-0.3, -0.25) is 4.79 Å². The maximum Gasteiger partial charge on any atom is 0.311 e. The van der Waals surface area contributed by atoms with Crippen molar-refractivity contribution in [2.24, 2.45) is 5.92 Å². The number of carbonyl (C=O) groups excluding carboxylic acids is 1. The Hall–Kier alpha value is 0.130. The highest BCUT2D eigenvalue weighted by atomic mass is 32.2. The van der Waals surface area contributed by atoms with Crippen LogP contribution in [0.1, 0.15) is 26.2 Å². The summed E-state index contributed by atoms with van der Waals surface area (Å²) in [4.78, 5) is 11.9. The largest absolute Gasteiger partial charge is 0.469 e. The number of methoxy groups -OCH3 is 1. The summed E-state index contributed by atoms with van der Waals surface area (Å²) in [6.07, 6.45) is 2.93. The lowest BCUT2D eigenvalue weighted by Crippen LogP contribution is -2.47. The molecule has 0 spiro atoms. The van der Waals surface area contributed by atoms with Crippen molar-refractivity contribution in [2.45, 2.75) is 36.4 Å². The van der Waals surface area contributed by atoms with E-state index in [0.29, 0.717) is 0 Å². The highest BCUT2D eigenvalue weighted by molar-refractivity contribution is 8.21. The molecule has 2 heterocycles. The highest BCUT2D eigenvalue weighted by Crippen LogP contribution is 2.52. The molecule has 2 atom stereocenters. The van der Waals surface area contributed by atoms with Crippen molar-refractivity contribution in [3.8, 4) is 0 Å². The molecule has 2 saturated heterocycles. The van der Waals surface area contributed by atoms with Gasteiger partial charge in [0.15, 0.2) is 0 Å². The molecule has 0 aromatic carbocycles. The van der Waals surface area contributed by atoms with Gasteiger partial charge in [-0.1, -0.05) is 6.92 Å². The number of thioether (sulfide) groups is 2. The maximum atomic E-state index is 11.9. The van der Waals surface area contributed by atoms with E-state index in [9.17, 15) is 4.79 Å². The van der Waals surface area contributed by atoms with Crippen molar-refractivity contribution >= 4 is 29.5 Å². The summed E-state index contributed by atoms with van der Waals surface area (Å²) in [5.74, 6) is 2.14. The third kappa shape index (κ3) is 2.61. The second kappa shape index (κ2) is 5.85. The van der Waals surface area contributed by atoms with Crippen LogP contribution in [-0.2, 0) is 14.3 Å². The number of esters is 1. The molecule has 0 radical (unpaired) electrons. The average molecular weight is 276 g/mol. The van der Waals surface area contributed by atoms with Gasteiger partial charge in [-0.15, -0.1) is 23.5 Å². The lowest BCUT2D eigenvalue weighted by Gasteiger charge is -2.41. The summed E-state index contributed by atoms with van der Waals surface area (Å²) in [7, 11) is 1.47. The van der Waals surface area contributed by atoms with Crippen molar-refractivity contribution < 1.29 is 14.3 Å². The molecule has 0 saturated carbocycles. The minimum absolute atomic E-state index is 0.0196. The van der Waals surface area contributed by atoms with Crippen LogP contribution in [-0.4, -0.2) is 41.4 Å².